The van der Waals surface area contributed by atoms with E-state index in [1.54, 1.807) is 30.3 Å². The maximum atomic E-state index is 14.1. The molecule has 0 aliphatic carbocycles. The smallest absolute Gasteiger partial charge is 0.132 e. The van der Waals surface area contributed by atoms with Gasteiger partial charge in [-0.2, -0.15) is 0 Å². The van der Waals surface area contributed by atoms with Gasteiger partial charge < -0.3 is 0 Å². The van der Waals surface area contributed by atoms with E-state index in [9.17, 15) is 8.78 Å². The fourth-order valence-electron chi connectivity index (χ4n) is 5.19. The molecule has 56 heavy (non-hydrogen) atoms. The summed E-state index contributed by atoms with van der Waals surface area (Å²) < 4.78 is 32.2. The van der Waals surface area contributed by atoms with Crippen molar-refractivity contribution in [2.45, 2.75) is 27.7 Å². The average Bonchev–Trinajstić information content (AvgIpc) is 3.25. The maximum Gasteiger partial charge on any atom is 0.132 e. The third-order valence-electron chi connectivity index (χ3n) is 8.04. The minimum atomic E-state index is -1.09. The van der Waals surface area contributed by atoms with Crippen LogP contribution in [0.3, 0.4) is 0 Å². The molecule has 0 radical (unpaired) electrons. The van der Waals surface area contributed by atoms with Crippen LogP contribution in [0.5, 0.6) is 0 Å². The minimum Gasteiger partial charge on any atom is -0.275 e. The van der Waals surface area contributed by atoms with Gasteiger partial charge in [-0.15, -0.1) is 0 Å². The predicted molar refractivity (Wildman–Crippen MR) is 253 cm³/mol. The molecule has 0 bridgehead atoms. The Morgan fingerprint density at radius 1 is 0.393 bits per heavy atom. The van der Waals surface area contributed by atoms with Gasteiger partial charge in [-0.3, -0.25) is 9.34 Å². The van der Waals surface area contributed by atoms with Crippen LogP contribution in [0, 0.1) is 11.6 Å². The lowest BCUT2D eigenvalue weighted by molar-refractivity contribution is 0.513. The highest BCUT2D eigenvalue weighted by Crippen LogP contribution is 2.45. The summed E-state index contributed by atoms with van der Waals surface area (Å²) in [7, 11) is -2.51. The molecule has 6 aromatic carbocycles. The highest BCUT2D eigenvalue weighted by atomic mass is 35.9. The van der Waals surface area contributed by atoms with Crippen molar-refractivity contribution in [2.75, 3.05) is 26.2 Å². The van der Waals surface area contributed by atoms with Crippen molar-refractivity contribution in [1.82, 2.24) is 9.34 Å². The Bertz CT molecular complexity index is 1910. The number of hydrogen-bond acceptors (Lipinski definition) is 2. The van der Waals surface area contributed by atoms with E-state index in [2.05, 4.69) is 61.3 Å². The predicted octanol–water partition coefficient (Wildman–Crippen LogP) is 13.2. The molecule has 0 saturated carbocycles. The van der Waals surface area contributed by atoms with Crippen molar-refractivity contribution in [3.63, 3.8) is 0 Å². The van der Waals surface area contributed by atoms with Crippen LogP contribution >= 0.6 is 74.4 Å². The molecule has 0 aliphatic rings. The Labute approximate surface area is 357 Å². The first-order chi connectivity index (χ1) is 27.2. The van der Waals surface area contributed by atoms with Gasteiger partial charge in [0.25, 0.3) is 0 Å². The van der Waals surface area contributed by atoms with Gasteiger partial charge in [0.15, 0.2) is 0 Å². The lowest BCUT2D eigenvalue weighted by Gasteiger charge is -2.30. The Hall–Kier alpha value is -2.02. The highest BCUT2D eigenvalue weighted by molar-refractivity contribution is 8.08. The molecule has 296 valence electrons. The van der Waals surface area contributed by atoms with E-state index in [0.29, 0.717) is 5.30 Å². The summed E-state index contributed by atoms with van der Waals surface area (Å²) in [5.74, 6) is -0.341. The van der Waals surface area contributed by atoms with Crippen LogP contribution in [0.2, 0.25) is 0 Å². The summed E-state index contributed by atoms with van der Waals surface area (Å²) in [6.07, 6.45) is 0. The Morgan fingerprint density at radius 2 is 0.732 bits per heavy atom. The second-order valence-electron chi connectivity index (χ2n) is 11.6. The summed E-state index contributed by atoms with van der Waals surface area (Å²) in [5, 5.41) is 5.82. The van der Waals surface area contributed by atoms with Crippen molar-refractivity contribution < 1.29 is 8.78 Å². The minimum absolute atomic E-state index is 0.107. The van der Waals surface area contributed by atoms with Gasteiger partial charge in [0.05, 0.1) is 14.7 Å². The Morgan fingerprint density at radius 3 is 1.11 bits per heavy atom. The standard InChI is InChI=1S/C16H19FNP.C12H9ClFP.C10H15ClNP.C6H5Cl2P/c1-3-18(4-2)19(14-10-6-5-7-11-14)16-13-9-8-12-15(16)17;13-15(10-6-2-1-3-7-10)12-9-5-4-8-11(12)14;1-3-12(4-2)13(11)10-8-6-5-7-9-10;7-9(8)6-4-2-1-3-5-6/h5-13H,3-4H2,1-2H3;1-9H;5-9H,3-4H2,1-2H3;1-5H. The van der Waals surface area contributed by atoms with Crippen LogP contribution < -0.4 is 31.8 Å². The zero-order valence-corrected chi connectivity index (χ0v) is 38.5. The van der Waals surface area contributed by atoms with E-state index in [0.717, 1.165) is 42.1 Å². The summed E-state index contributed by atoms with van der Waals surface area (Å²) in [4.78, 5) is 0. The highest BCUT2D eigenvalue weighted by Gasteiger charge is 2.22. The first-order valence-corrected chi connectivity index (χ1v) is 27.1. The van der Waals surface area contributed by atoms with Crippen LogP contribution in [-0.2, 0) is 0 Å². The monoisotopic (exact) mass is 906 g/mol. The van der Waals surface area contributed by atoms with E-state index in [1.165, 1.54) is 16.7 Å². The average molecular weight is 909 g/mol. The molecule has 2 nitrogen and oxygen atoms in total. The lowest BCUT2D eigenvalue weighted by Crippen LogP contribution is -2.29. The Balaban J connectivity index is 0.000000207. The largest absolute Gasteiger partial charge is 0.275 e. The van der Waals surface area contributed by atoms with Crippen LogP contribution in [-0.4, -0.2) is 35.5 Å². The molecule has 3 atom stereocenters. The molecule has 0 spiro atoms. The van der Waals surface area contributed by atoms with E-state index in [4.69, 9.17) is 45.0 Å². The van der Waals surface area contributed by atoms with Crippen molar-refractivity contribution in [1.29, 1.82) is 0 Å². The van der Waals surface area contributed by atoms with Crippen molar-refractivity contribution in [3.8, 4) is 0 Å². The molecule has 6 rings (SSSR count). The molecule has 0 aliphatic heterocycles. The quantitative estimate of drug-likeness (QED) is 0.113. The number of nitrogens with zero attached hydrogens (tertiary/aromatic N) is 2. The molecule has 6 aromatic rings. The number of hydrogen-bond donors (Lipinski definition) is 0. The van der Waals surface area contributed by atoms with Gasteiger partial charge in [-0.25, -0.2) is 8.78 Å². The molecule has 3 unspecified atom stereocenters. The second-order valence-corrected chi connectivity index (χ2v) is 22.5. The lowest BCUT2D eigenvalue weighted by atomic mass is 10.3. The second kappa shape index (κ2) is 27.6. The molecule has 0 saturated heterocycles. The molecule has 12 heteroatoms. The van der Waals surface area contributed by atoms with Crippen LogP contribution in [0.15, 0.2) is 170 Å². The molecular weight excluding hydrogens is 860 g/mol. The number of rotatable bonds is 12. The van der Waals surface area contributed by atoms with Crippen molar-refractivity contribution in [3.05, 3.63) is 181 Å². The first kappa shape index (κ1) is 48.3. The summed E-state index contributed by atoms with van der Waals surface area (Å²) in [5.41, 5.74) is 0. The fraction of sp³-hybridized carbons (Fsp3) is 0.182. The molecule has 0 N–H and O–H groups in total. The topological polar surface area (TPSA) is 6.48 Å². The van der Waals surface area contributed by atoms with Crippen LogP contribution in [0.25, 0.3) is 0 Å². The number of halogens is 6. The summed E-state index contributed by atoms with van der Waals surface area (Å²) in [6, 6.07) is 53.5. The first-order valence-electron chi connectivity index (χ1n) is 18.2. The normalized spacial score (nSPS) is 12.3. The molecule has 0 amide bonds. The van der Waals surface area contributed by atoms with E-state index in [1.807, 2.05) is 109 Å². The van der Waals surface area contributed by atoms with E-state index < -0.39 is 29.4 Å². The van der Waals surface area contributed by atoms with E-state index >= 15 is 0 Å². The summed E-state index contributed by atoms with van der Waals surface area (Å²) >= 11 is 23.9. The zero-order valence-electron chi connectivity index (χ0n) is 31.9. The third-order valence-corrected chi connectivity index (χ3v) is 18.3. The van der Waals surface area contributed by atoms with Gasteiger partial charge in [0, 0.05) is 42.4 Å². The van der Waals surface area contributed by atoms with Crippen LogP contribution in [0.1, 0.15) is 27.7 Å². The van der Waals surface area contributed by atoms with Gasteiger partial charge in [0.1, 0.15) is 18.3 Å². The van der Waals surface area contributed by atoms with Gasteiger partial charge in [-0.05, 0) is 41.9 Å². The van der Waals surface area contributed by atoms with E-state index in [-0.39, 0.29) is 11.6 Å². The van der Waals surface area contributed by atoms with Crippen LogP contribution in [0.4, 0.5) is 8.78 Å². The Kier molecular flexibility index (Phi) is 23.9. The van der Waals surface area contributed by atoms with Crippen molar-refractivity contribution in [2.24, 2.45) is 0 Å². The zero-order chi connectivity index (χ0) is 40.7. The third kappa shape index (κ3) is 16.0. The molecule has 0 aromatic heterocycles. The molecular formula is C44H48Cl4F2N2P4. The van der Waals surface area contributed by atoms with Crippen molar-refractivity contribution >= 4 is 106 Å². The SMILES string of the molecule is CCN(CC)P(Cl)c1ccccc1.CCN(CC)P(c1ccccc1)c1ccccc1F.ClP(Cl)c1ccccc1.Fc1ccccc1P(Cl)c1ccccc1. The maximum absolute atomic E-state index is 14.1. The molecule has 0 fully saturated rings. The van der Waals surface area contributed by atoms with Gasteiger partial charge in [0.2, 0.25) is 0 Å². The van der Waals surface area contributed by atoms with Gasteiger partial charge in [-0.1, -0.05) is 224 Å². The number of benzene rings is 6. The fourth-order valence-corrected chi connectivity index (χ4v) is 12.9. The summed E-state index contributed by atoms with van der Waals surface area (Å²) in [6.45, 7) is 11.5. The van der Waals surface area contributed by atoms with Gasteiger partial charge >= 0.3 is 0 Å². The molecule has 0 heterocycles.